The summed E-state index contributed by atoms with van der Waals surface area (Å²) in [7, 11) is 0. The summed E-state index contributed by atoms with van der Waals surface area (Å²) in [6.07, 6.45) is 1.36. The Kier molecular flexibility index (Phi) is 2.97. The van der Waals surface area contributed by atoms with Crippen LogP contribution < -0.4 is 0 Å². The van der Waals surface area contributed by atoms with Crippen LogP contribution in [-0.2, 0) is 6.61 Å². The molecule has 0 radical (unpaired) electrons. The van der Waals surface area contributed by atoms with Crippen LogP contribution in [0.25, 0.3) is 5.69 Å². The Labute approximate surface area is 97.6 Å². The summed E-state index contributed by atoms with van der Waals surface area (Å²) < 4.78 is 27.7. The van der Waals surface area contributed by atoms with Crippen LogP contribution in [0.5, 0.6) is 0 Å². The third-order valence-corrected chi connectivity index (χ3v) is 2.55. The summed E-state index contributed by atoms with van der Waals surface area (Å²) in [5.41, 5.74) is 0.361. The zero-order valence-electron chi connectivity index (χ0n) is 7.86. The van der Waals surface area contributed by atoms with Crippen LogP contribution in [0.1, 0.15) is 5.69 Å². The summed E-state index contributed by atoms with van der Waals surface area (Å²) >= 11 is 2.95. The number of benzene rings is 1. The first-order valence-corrected chi connectivity index (χ1v) is 5.08. The molecule has 0 unspecified atom stereocenters. The van der Waals surface area contributed by atoms with E-state index in [0.29, 0.717) is 5.69 Å². The lowest BCUT2D eigenvalue weighted by atomic mass is 10.3. The molecule has 0 spiro atoms. The van der Waals surface area contributed by atoms with Gasteiger partial charge in [-0.05, 0) is 22.0 Å². The van der Waals surface area contributed by atoms with Crippen molar-refractivity contribution in [2.75, 3.05) is 0 Å². The SMILES string of the molecule is OCc1cn(-c2cc(Br)c(F)cc2F)nn1. The fraction of sp³-hybridized carbons (Fsp3) is 0.111. The Bertz CT molecular complexity index is 529. The Morgan fingerprint density at radius 1 is 1.31 bits per heavy atom. The minimum absolute atomic E-state index is 0.0560. The van der Waals surface area contributed by atoms with Gasteiger partial charge in [0, 0.05) is 6.07 Å². The van der Waals surface area contributed by atoms with E-state index in [1.54, 1.807) is 0 Å². The molecule has 0 saturated heterocycles. The number of rotatable bonds is 2. The van der Waals surface area contributed by atoms with Crippen molar-refractivity contribution in [1.29, 1.82) is 0 Å². The molecule has 0 fully saturated rings. The van der Waals surface area contributed by atoms with Crippen molar-refractivity contribution in [3.63, 3.8) is 0 Å². The zero-order chi connectivity index (χ0) is 11.7. The van der Waals surface area contributed by atoms with Crippen LogP contribution in [0.3, 0.4) is 0 Å². The lowest BCUT2D eigenvalue weighted by Gasteiger charge is -2.03. The van der Waals surface area contributed by atoms with Crippen LogP contribution in [0.2, 0.25) is 0 Å². The molecule has 0 aliphatic carbocycles. The topological polar surface area (TPSA) is 50.9 Å². The summed E-state index contributed by atoms with van der Waals surface area (Å²) in [6.45, 7) is -0.288. The lowest BCUT2D eigenvalue weighted by Crippen LogP contribution is -1.99. The maximum absolute atomic E-state index is 13.4. The molecule has 0 amide bonds. The van der Waals surface area contributed by atoms with Gasteiger partial charge in [-0.1, -0.05) is 5.21 Å². The molecule has 1 aromatic heterocycles. The summed E-state index contributed by atoms with van der Waals surface area (Å²) in [4.78, 5) is 0. The molecule has 84 valence electrons. The van der Waals surface area contributed by atoms with Crippen molar-refractivity contribution in [1.82, 2.24) is 15.0 Å². The molecule has 0 aliphatic rings. The van der Waals surface area contributed by atoms with E-state index >= 15 is 0 Å². The maximum Gasteiger partial charge on any atom is 0.151 e. The van der Waals surface area contributed by atoms with Gasteiger partial charge in [0.15, 0.2) is 5.82 Å². The van der Waals surface area contributed by atoms with Gasteiger partial charge in [0.25, 0.3) is 0 Å². The maximum atomic E-state index is 13.4. The van der Waals surface area contributed by atoms with E-state index in [9.17, 15) is 8.78 Å². The van der Waals surface area contributed by atoms with Crippen molar-refractivity contribution in [3.05, 3.63) is 40.1 Å². The molecule has 2 rings (SSSR count). The van der Waals surface area contributed by atoms with Crippen LogP contribution in [0.4, 0.5) is 8.78 Å². The molecule has 4 nitrogen and oxygen atoms in total. The van der Waals surface area contributed by atoms with E-state index in [0.717, 1.165) is 10.7 Å². The second kappa shape index (κ2) is 4.26. The molecule has 16 heavy (non-hydrogen) atoms. The van der Waals surface area contributed by atoms with E-state index in [4.69, 9.17) is 5.11 Å². The predicted molar refractivity (Wildman–Crippen MR) is 54.9 cm³/mol. The van der Waals surface area contributed by atoms with Gasteiger partial charge < -0.3 is 5.11 Å². The first-order chi connectivity index (χ1) is 7.61. The van der Waals surface area contributed by atoms with Crippen molar-refractivity contribution in [3.8, 4) is 5.69 Å². The fourth-order valence-corrected chi connectivity index (χ4v) is 1.51. The average Bonchev–Trinajstić information content (AvgIpc) is 2.71. The third-order valence-electron chi connectivity index (χ3n) is 1.94. The number of aliphatic hydroxyl groups is 1. The molecular weight excluding hydrogens is 284 g/mol. The number of nitrogens with zero attached hydrogens (tertiary/aromatic N) is 3. The fourth-order valence-electron chi connectivity index (χ4n) is 1.18. The molecular formula is C9H6BrF2N3O. The quantitative estimate of drug-likeness (QED) is 0.858. The molecule has 1 heterocycles. The van der Waals surface area contributed by atoms with E-state index < -0.39 is 11.6 Å². The highest BCUT2D eigenvalue weighted by Crippen LogP contribution is 2.22. The van der Waals surface area contributed by atoms with Gasteiger partial charge in [-0.15, -0.1) is 5.10 Å². The van der Waals surface area contributed by atoms with E-state index in [2.05, 4.69) is 26.2 Å². The second-order valence-electron chi connectivity index (χ2n) is 3.03. The third kappa shape index (κ3) is 1.96. The van der Waals surface area contributed by atoms with Gasteiger partial charge in [0.2, 0.25) is 0 Å². The number of aromatic nitrogens is 3. The Balaban J connectivity index is 2.51. The van der Waals surface area contributed by atoms with Crippen LogP contribution in [0, 0.1) is 11.6 Å². The predicted octanol–water partition coefficient (Wildman–Crippen LogP) is 1.80. The Morgan fingerprint density at radius 3 is 2.69 bits per heavy atom. The monoisotopic (exact) mass is 289 g/mol. The smallest absolute Gasteiger partial charge is 0.151 e. The van der Waals surface area contributed by atoms with Crippen LogP contribution >= 0.6 is 15.9 Å². The van der Waals surface area contributed by atoms with Gasteiger partial charge in [0.05, 0.1) is 17.3 Å². The lowest BCUT2D eigenvalue weighted by molar-refractivity contribution is 0.276. The number of aliphatic hydroxyl groups excluding tert-OH is 1. The second-order valence-corrected chi connectivity index (χ2v) is 3.88. The average molecular weight is 290 g/mol. The molecule has 0 bridgehead atoms. The van der Waals surface area contributed by atoms with Crippen molar-refractivity contribution < 1.29 is 13.9 Å². The molecule has 0 atom stereocenters. The molecule has 0 saturated carbocycles. The minimum Gasteiger partial charge on any atom is -0.390 e. The largest absolute Gasteiger partial charge is 0.390 e. The van der Waals surface area contributed by atoms with Crippen molar-refractivity contribution in [2.24, 2.45) is 0 Å². The highest BCUT2D eigenvalue weighted by molar-refractivity contribution is 9.10. The summed E-state index contributed by atoms with van der Waals surface area (Å²) in [5.74, 6) is -1.45. The number of halogens is 3. The summed E-state index contributed by atoms with van der Waals surface area (Å²) in [5, 5.41) is 16.0. The van der Waals surface area contributed by atoms with E-state index in [1.807, 2.05) is 0 Å². The minimum atomic E-state index is -0.755. The standard InChI is InChI=1S/C9H6BrF2N3O/c10-6-1-9(8(12)2-7(6)11)15-3-5(4-16)13-14-15/h1-3,16H,4H2. The van der Waals surface area contributed by atoms with Crippen molar-refractivity contribution in [2.45, 2.75) is 6.61 Å². The highest BCUT2D eigenvalue weighted by Gasteiger charge is 2.11. The van der Waals surface area contributed by atoms with Gasteiger partial charge >= 0.3 is 0 Å². The number of hydrogen-bond donors (Lipinski definition) is 1. The molecule has 0 aliphatic heterocycles. The van der Waals surface area contributed by atoms with E-state index in [1.165, 1.54) is 12.3 Å². The summed E-state index contributed by atoms with van der Waals surface area (Å²) in [6, 6.07) is 2.00. The molecule has 1 aromatic carbocycles. The first kappa shape index (κ1) is 11.2. The van der Waals surface area contributed by atoms with Crippen LogP contribution in [-0.4, -0.2) is 20.1 Å². The normalized spacial score (nSPS) is 10.8. The van der Waals surface area contributed by atoms with Crippen molar-refractivity contribution >= 4 is 15.9 Å². The first-order valence-electron chi connectivity index (χ1n) is 4.29. The van der Waals surface area contributed by atoms with Gasteiger partial charge in [-0.3, -0.25) is 0 Å². The Hall–Kier alpha value is -1.34. The number of hydrogen-bond acceptors (Lipinski definition) is 3. The molecule has 2 aromatic rings. The highest BCUT2D eigenvalue weighted by atomic mass is 79.9. The molecule has 7 heteroatoms. The van der Waals surface area contributed by atoms with Gasteiger partial charge in [-0.2, -0.15) is 0 Å². The van der Waals surface area contributed by atoms with E-state index in [-0.39, 0.29) is 16.8 Å². The van der Waals surface area contributed by atoms with Crippen LogP contribution in [0.15, 0.2) is 22.8 Å². The van der Waals surface area contributed by atoms with Gasteiger partial charge in [-0.25, -0.2) is 13.5 Å². The zero-order valence-corrected chi connectivity index (χ0v) is 9.45. The Morgan fingerprint density at radius 2 is 2.06 bits per heavy atom. The van der Waals surface area contributed by atoms with Gasteiger partial charge in [0.1, 0.15) is 17.2 Å². The molecule has 1 N–H and O–H groups in total.